The second-order valence-electron chi connectivity index (χ2n) is 5.80. The number of hydrogen-bond donors (Lipinski definition) is 1. The maximum Gasteiger partial charge on any atom is 0.307 e. The minimum atomic E-state index is -0.877. The highest BCUT2D eigenvalue weighted by Gasteiger charge is 2.16. The molecule has 0 spiro atoms. The second-order valence-corrected chi connectivity index (χ2v) is 5.80. The third-order valence-electron chi connectivity index (χ3n) is 3.71. The molecule has 3 rings (SSSR count). The molecular formula is C18H17FN2O2. The van der Waals surface area contributed by atoms with Gasteiger partial charge in [0.1, 0.15) is 11.6 Å². The molecule has 0 amide bonds. The van der Waals surface area contributed by atoms with Crippen molar-refractivity contribution in [1.82, 2.24) is 9.55 Å². The molecule has 5 heteroatoms. The number of aromatic nitrogens is 2. The number of hydrogen-bond acceptors (Lipinski definition) is 2. The molecule has 0 fully saturated rings. The molecule has 0 aliphatic rings. The van der Waals surface area contributed by atoms with Crippen LogP contribution in [0.5, 0.6) is 0 Å². The van der Waals surface area contributed by atoms with Crippen molar-refractivity contribution in [3.05, 3.63) is 53.8 Å². The monoisotopic (exact) mass is 312 g/mol. The van der Waals surface area contributed by atoms with Gasteiger partial charge in [-0.25, -0.2) is 9.37 Å². The van der Waals surface area contributed by atoms with Crippen molar-refractivity contribution in [2.75, 3.05) is 0 Å². The van der Waals surface area contributed by atoms with Gasteiger partial charge in [-0.15, -0.1) is 0 Å². The first-order valence-corrected chi connectivity index (χ1v) is 7.44. The van der Waals surface area contributed by atoms with Crippen LogP contribution in [0.2, 0.25) is 0 Å². The molecule has 2 aromatic carbocycles. The van der Waals surface area contributed by atoms with E-state index in [2.05, 4.69) is 4.98 Å². The maximum absolute atomic E-state index is 13.5. The molecule has 4 nitrogen and oxygen atoms in total. The number of rotatable bonds is 4. The molecule has 0 unspecified atom stereocenters. The smallest absolute Gasteiger partial charge is 0.307 e. The minimum absolute atomic E-state index is 0.0419. The van der Waals surface area contributed by atoms with Gasteiger partial charge in [0.05, 0.1) is 17.5 Å². The van der Waals surface area contributed by atoms with Crippen LogP contribution in [-0.4, -0.2) is 20.6 Å². The zero-order valence-electron chi connectivity index (χ0n) is 13.0. The zero-order chi connectivity index (χ0) is 16.6. The Morgan fingerprint density at radius 1 is 1.26 bits per heavy atom. The normalized spacial score (nSPS) is 11.3. The van der Waals surface area contributed by atoms with E-state index in [1.807, 2.05) is 30.5 Å². The molecule has 0 aliphatic carbocycles. The van der Waals surface area contributed by atoms with Gasteiger partial charge in [-0.1, -0.05) is 18.2 Å². The van der Waals surface area contributed by atoms with Crippen molar-refractivity contribution < 1.29 is 14.3 Å². The number of halogens is 1. The van der Waals surface area contributed by atoms with Gasteiger partial charge < -0.3 is 9.67 Å². The molecular weight excluding hydrogens is 295 g/mol. The van der Waals surface area contributed by atoms with Gasteiger partial charge in [0.2, 0.25) is 0 Å². The number of carboxylic acid groups (broad SMARTS) is 1. The molecule has 0 bridgehead atoms. The van der Waals surface area contributed by atoms with Crippen LogP contribution in [0.4, 0.5) is 4.39 Å². The summed E-state index contributed by atoms with van der Waals surface area (Å²) >= 11 is 0. The van der Waals surface area contributed by atoms with Crippen molar-refractivity contribution in [2.45, 2.75) is 26.3 Å². The average molecular weight is 312 g/mol. The predicted molar refractivity (Wildman–Crippen MR) is 86.9 cm³/mol. The third kappa shape index (κ3) is 2.95. The van der Waals surface area contributed by atoms with E-state index in [1.165, 1.54) is 12.1 Å². The summed E-state index contributed by atoms with van der Waals surface area (Å²) in [6.07, 6.45) is -0.0419. The number of carbonyl (C=O) groups is 1. The van der Waals surface area contributed by atoms with Crippen molar-refractivity contribution in [3.8, 4) is 11.4 Å². The summed E-state index contributed by atoms with van der Waals surface area (Å²) in [6.45, 7) is 4.07. The van der Waals surface area contributed by atoms with Crippen LogP contribution in [0.15, 0.2) is 42.5 Å². The SMILES string of the molecule is CC(C)n1c(-c2cccc(F)c2)nc2cc(CC(=O)O)ccc21. The summed E-state index contributed by atoms with van der Waals surface area (Å²) in [5.41, 5.74) is 3.03. The van der Waals surface area contributed by atoms with Crippen LogP contribution in [0.1, 0.15) is 25.5 Å². The molecule has 1 aromatic heterocycles. The van der Waals surface area contributed by atoms with E-state index in [1.54, 1.807) is 18.2 Å². The molecule has 0 radical (unpaired) electrons. The molecule has 0 saturated heterocycles. The lowest BCUT2D eigenvalue weighted by molar-refractivity contribution is -0.136. The van der Waals surface area contributed by atoms with Gasteiger partial charge in [-0.3, -0.25) is 4.79 Å². The number of fused-ring (bicyclic) bond motifs is 1. The minimum Gasteiger partial charge on any atom is -0.481 e. The van der Waals surface area contributed by atoms with Crippen LogP contribution >= 0.6 is 0 Å². The van der Waals surface area contributed by atoms with Crippen LogP contribution in [0, 0.1) is 5.82 Å². The van der Waals surface area contributed by atoms with Gasteiger partial charge in [-0.2, -0.15) is 0 Å². The van der Waals surface area contributed by atoms with Crippen LogP contribution < -0.4 is 0 Å². The quantitative estimate of drug-likeness (QED) is 0.790. The fourth-order valence-corrected chi connectivity index (χ4v) is 2.78. The summed E-state index contributed by atoms with van der Waals surface area (Å²) in [6, 6.07) is 11.9. The highest BCUT2D eigenvalue weighted by Crippen LogP contribution is 2.29. The Morgan fingerprint density at radius 2 is 2.04 bits per heavy atom. The molecule has 118 valence electrons. The van der Waals surface area contributed by atoms with E-state index in [9.17, 15) is 9.18 Å². The Morgan fingerprint density at radius 3 is 2.70 bits per heavy atom. The van der Waals surface area contributed by atoms with Gasteiger partial charge in [-0.05, 0) is 43.7 Å². The fraction of sp³-hybridized carbons (Fsp3) is 0.222. The largest absolute Gasteiger partial charge is 0.481 e. The Labute approximate surface area is 133 Å². The Bertz CT molecular complexity index is 884. The van der Waals surface area contributed by atoms with E-state index in [4.69, 9.17) is 5.11 Å². The molecule has 23 heavy (non-hydrogen) atoms. The summed E-state index contributed by atoms with van der Waals surface area (Å²) < 4.78 is 15.6. The third-order valence-corrected chi connectivity index (χ3v) is 3.71. The lowest BCUT2D eigenvalue weighted by Gasteiger charge is -2.13. The standard InChI is InChI=1S/C18H17FN2O2/c1-11(2)21-16-7-6-12(9-17(22)23)8-15(16)20-18(21)13-4-3-5-14(19)10-13/h3-8,10-11H,9H2,1-2H3,(H,22,23). The molecule has 1 N–H and O–H groups in total. The van der Waals surface area contributed by atoms with Crippen LogP contribution in [0.3, 0.4) is 0 Å². The molecule has 0 atom stereocenters. The second kappa shape index (κ2) is 5.83. The average Bonchev–Trinajstić information content (AvgIpc) is 2.85. The summed E-state index contributed by atoms with van der Waals surface area (Å²) in [4.78, 5) is 15.5. The first-order chi connectivity index (χ1) is 11.0. The van der Waals surface area contributed by atoms with E-state index in [0.717, 1.165) is 11.0 Å². The number of benzene rings is 2. The predicted octanol–water partition coefficient (Wildman–Crippen LogP) is 4.05. The van der Waals surface area contributed by atoms with Gasteiger partial charge >= 0.3 is 5.97 Å². The number of carboxylic acids is 1. The van der Waals surface area contributed by atoms with Crippen molar-refractivity contribution in [3.63, 3.8) is 0 Å². The van der Waals surface area contributed by atoms with Crippen molar-refractivity contribution in [2.24, 2.45) is 0 Å². The van der Waals surface area contributed by atoms with E-state index in [0.29, 0.717) is 17.0 Å². The van der Waals surface area contributed by atoms with E-state index in [-0.39, 0.29) is 18.3 Å². The first-order valence-electron chi connectivity index (χ1n) is 7.44. The van der Waals surface area contributed by atoms with E-state index >= 15 is 0 Å². The van der Waals surface area contributed by atoms with Crippen molar-refractivity contribution >= 4 is 17.0 Å². The molecule has 0 saturated carbocycles. The topological polar surface area (TPSA) is 55.1 Å². The summed E-state index contributed by atoms with van der Waals surface area (Å²) in [5.74, 6) is -0.503. The lowest BCUT2D eigenvalue weighted by atomic mass is 10.1. The summed E-state index contributed by atoms with van der Waals surface area (Å²) in [5, 5.41) is 8.93. The van der Waals surface area contributed by atoms with Crippen LogP contribution in [-0.2, 0) is 11.2 Å². The Hall–Kier alpha value is -2.69. The number of imidazole rings is 1. The highest BCUT2D eigenvalue weighted by molar-refractivity contribution is 5.82. The Balaban J connectivity index is 2.20. The molecule has 1 heterocycles. The van der Waals surface area contributed by atoms with Gasteiger partial charge in [0.15, 0.2) is 0 Å². The van der Waals surface area contributed by atoms with Gasteiger partial charge in [0, 0.05) is 11.6 Å². The van der Waals surface area contributed by atoms with Crippen molar-refractivity contribution in [1.29, 1.82) is 0 Å². The van der Waals surface area contributed by atoms with E-state index < -0.39 is 5.97 Å². The summed E-state index contributed by atoms with van der Waals surface area (Å²) in [7, 11) is 0. The van der Waals surface area contributed by atoms with Crippen LogP contribution in [0.25, 0.3) is 22.4 Å². The van der Waals surface area contributed by atoms with Gasteiger partial charge in [0.25, 0.3) is 0 Å². The molecule has 3 aromatic rings. The molecule has 0 aliphatic heterocycles. The fourth-order valence-electron chi connectivity index (χ4n) is 2.78. The first kappa shape index (κ1) is 15.2. The number of nitrogens with zero attached hydrogens (tertiary/aromatic N) is 2. The Kier molecular flexibility index (Phi) is 3.86. The number of aliphatic carboxylic acids is 1. The maximum atomic E-state index is 13.5. The lowest BCUT2D eigenvalue weighted by Crippen LogP contribution is -2.03. The highest BCUT2D eigenvalue weighted by atomic mass is 19.1. The zero-order valence-corrected chi connectivity index (χ0v) is 13.0.